The van der Waals surface area contributed by atoms with Gasteiger partial charge >= 0.3 is 0 Å². The van der Waals surface area contributed by atoms with E-state index in [2.05, 4.69) is 15.4 Å². The van der Waals surface area contributed by atoms with Crippen molar-refractivity contribution in [1.29, 1.82) is 0 Å². The van der Waals surface area contributed by atoms with E-state index in [1.807, 2.05) is 30.3 Å². The van der Waals surface area contributed by atoms with Crippen LogP contribution in [0, 0.1) is 0 Å². The van der Waals surface area contributed by atoms with Gasteiger partial charge in [-0.3, -0.25) is 4.79 Å². The Labute approximate surface area is 170 Å². The minimum atomic E-state index is -0.301. The smallest absolute Gasteiger partial charge is 0.272 e. The SMILES string of the molecule is Nc1cc(-c2ccc(Cl)c(Cl)c2)nc2cc(C(=O)NCc3ccccc3)nn12. The minimum absolute atomic E-state index is 0.237. The molecule has 1 amide bonds. The maximum absolute atomic E-state index is 12.4. The molecule has 0 aliphatic carbocycles. The van der Waals surface area contributed by atoms with E-state index in [0.717, 1.165) is 11.1 Å². The lowest BCUT2D eigenvalue weighted by Gasteiger charge is -2.05. The molecule has 4 rings (SSSR count). The molecule has 3 N–H and O–H groups in total. The quantitative estimate of drug-likeness (QED) is 0.526. The van der Waals surface area contributed by atoms with Crippen molar-refractivity contribution in [2.24, 2.45) is 0 Å². The molecule has 0 saturated heterocycles. The lowest BCUT2D eigenvalue weighted by atomic mass is 10.1. The average Bonchev–Trinajstić information content (AvgIpc) is 3.14. The fraction of sp³-hybridized carbons (Fsp3) is 0.0500. The molecule has 0 saturated carbocycles. The molecule has 2 aromatic heterocycles. The Kier molecular flexibility index (Phi) is 4.90. The number of carbonyl (C=O) groups excluding carboxylic acids is 1. The molecular weight excluding hydrogens is 397 g/mol. The Morgan fingerprint density at radius 1 is 1.04 bits per heavy atom. The molecule has 0 bridgehead atoms. The first-order valence-corrected chi connectivity index (χ1v) is 9.21. The van der Waals surface area contributed by atoms with E-state index in [4.69, 9.17) is 28.9 Å². The van der Waals surface area contributed by atoms with Gasteiger partial charge in [0.05, 0.1) is 15.7 Å². The number of amides is 1. The number of fused-ring (bicyclic) bond motifs is 1. The van der Waals surface area contributed by atoms with Gasteiger partial charge in [-0.05, 0) is 17.7 Å². The first-order chi connectivity index (χ1) is 13.5. The van der Waals surface area contributed by atoms with Gasteiger partial charge in [0.15, 0.2) is 11.3 Å². The first kappa shape index (κ1) is 18.3. The molecule has 6 nitrogen and oxygen atoms in total. The average molecular weight is 412 g/mol. The van der Waals surface area contributed by atoms with Crippen LogP contribution in [0.15, 0.2) is 60.7 Å². The third-order valence-corrected chi connectivity index (χ3v) is 4.94. The van der Waals surface area contributed by atoms with Crippen LogP contribution in [-0.4, -0.2) is 20.5 Å². The number of hydrogen-bond donors (Lipinski definition) is 2. The van der Waals surface area contributed by atoms with E-state index in [9.17, 15) is 4.79 Å². The number of rotatable bonds is 4. The van der Waals surface area contributed by atoms with E-state index in [0.29, 0.717) is 33.7 Å². The normalized spacial score (nSPS) is 10.9. The summed E-state index contributed by atoms with van der Waals surface area (Å²) in [6.45, 7) is 0.408. The van der Waals surface area contributed by atoms with Crippen LogP contribution in [0.5, 0.6) is 0 Å². The number of nitrogen functional groups attached to an aromatic ring is 1. The third kappa shape index (κ3) is 3.65. The second kappa shape index (κ2) is 7.50. The third-order valence-electron chi connectivity index (χ3n) is 4.20. The van der Waals surface area contributed by atoms with Crippen molar-refractivity contribution in [3.05, 3.63) is 82.0 Å². The van der Waals surface area contributed by atoms with Gasteiger partial charge in [0, 0.05) is 24.2 Å². The van der Waals surface area contributed by atoms with Crippen molar-refractivity contribution in [3.8, 4) is 11.3 Å². The summed E-state index contributed by atoms with van der Waals surface area (Å²) in [6.07, 6.45) is 0. The van der Waals surface area contributed by atoms with Crippen molar-refractivity contribution in [2.45, 2.75) is 6.54 Å². The summed E-state index contributed by atoms with van der Waals surface area (Å²) >= 11 is 12.1. The summed E-state index contributed by atoms with van der Waals surface area (Å²) in [5.41, 5.74) is 9.19. The fourth-order valence-electron chi connectivity index (χ4n) is 2.78. The zero-order chi connectivity index (χ0) is 19.7. The van der Waals surface area contributed by atoms with Crippen LogP contribution in [0.2, 0.25) is 10.0 Å². The number of nitrogens with one attached hydrogen (secondary N) is 1. The van der Waals surface area contributed by atoms with E-state index in [1.165, 1.54) is 4.52 Å². The summed E-state index contributed by atoms with van der Waals surface area (Å²) in [4.78, 5) is 17.0. The molecule has 0 spiro atoms. The van der Waals surface area contributed by atoms with Gasteiger partial charge in [-0.15, -0.1) is 0 Å². The van der Waals surface area contributed by atoms with Gasteiger partial charge < -0.3 is 11.1 Å². The molecule has 4 aromatic rings. The molecule has 0 atom stereocenters. The van der Waals surface area contributed by atoms with E-state index in [1.54, 1.807) is 30.3 Å². The summed E-state index contributed by atoms with van der Waals surface area (Å²) in [5, 5.41) is 7.99. The highest BCUT2D eigenvalue weighted by molar-refractivity contribution is 6.42. The number of nitrogens with two attached hydrogens (primary N) is 1. The van der Waals surface area contributed by atoms with E-state index >= 15 is 0 Å². The Morgan fingerprint density at radius 3 is 2.57 bits per heavy atom. The largest absolute Gasteiger partial charge is 0.384 e. The zero-order valence-corrected chi connectivity index (χ0v) is 16.1. The number of anilines is 1. The van der Waals surface area contributed by atoms with Crippen molar-refractivity contribution >= 4 is 40.6 Å². The zero-order valence-electron chi connectivity index (χ0n) is 14.6. The van der Waals surface area contributed by atoms with Gasteiger partial charge in [-0.2, -0.15) is 9.61 Å². The predicted molar refractivity (Wildman–Crippen MR) is 110 cm³/mol. The topological polar surface area (TPSA) is 85.3 Å². The molecule has 0 fully saturated rings. The lowest BCUT2D eigenvalue weighted by molar-refractivity contribution is 0.0945. The number of nitrogens with zero attached hydrogens (tertiary/aromatic N) is 3. The lowest BCUT2D eigenvalue weighted by Crippen LogP contribution is -2.23. The molecule has 0 aliphatic heterocycles. The Balaban J connectivity index is 1.62. The highest BCUT2D eigenvalue weighted by atomic mass is 35.5. The number of carbonyl (C=O) groups is 1. The summed E-state index contributed by atoms with van der Waals surface area (Å²) in [7, 11) is 0. The molecule has 28 heavy (non-hydrogen) atoms. The molecule has 8 heteroatoms. The number of benzene rings is 2. The van der Waals surface area contributed by atoms with E-state index < -0.39 is 0 Å². The van der Waals surface area contributed by atoms with Crippen LogP contribution in [-0.2, 0) is 6.54 Å². The van der Waals surface area contributed by atoms with E-state index in [-0.39, 0.29) is 11.6 Å². The second-order valence-electron chi connectivity index (χ2n) is 6.16. The van der Waals surface area contributed by atoms with Crippen molar-refractivity contribution in [1.82, 2.24) is 19.9 Å². The van der Waals surface area contributed by atoms with Crippen LogP contribution in [0.4, 0.5) is 5.82 Å². The van der Waals surface area contributed by atoms with Gasteiger partial charge in [0.25, 0.3) is 5.91 Å². The highest BCUT2D eigenvalue weighted by Crippen LogP contribution is 2.28. The predicted octanol–water partition coefficient (Wildman–Crippen LogP) is 4.22. The molecule has 140 valence electrons. The Bertz CT molecular complexity index is 1170. The van der Waals surface area contributed by atoms with Crippen molar-refractivity contribution in [2.75, 3.05) is 5.73 Å². The van der Waals surface area contributed by atoms with Crippen LogP contribution >= 0.6 is 23.2 Å². The fourth-order valence-corrected chi connectivity index (χ4v) is 3.08. The number of hydrogen-bond acceptors (Lipinski definition) is 4. The summed E-state index contributed by atoms with van der Waals surface area (Å²) in [5.74, 6) is 0.0537. The van der Waals surface area contributed by atoms with Gasteiger partial charge in [-0.1, -0.05) is 59.6 Å². The first-order valence-electron chi connectivity index (χ1n) is 8.45. The molecule has 2 heterocycles. The molecule has 0 unspecified atom stereocenters. The van der Waals surface area contributed by atoms with Gasteiger partial charge in [0.1, 0.15) is 5.82 Å². The maximum atomic E-state index is 12.4. The number of aromatic nitrogens is 3. The van der Waals surface area contributed by atoms with Crippen LogP contribution in [0.1, 0.15) is 16.1 Å². The molecule has 0 radical (unpaired) electrons. The van der Waals surface area contributed by atoms with Crippen LogP contribution in [0.3, 0.4) is 0 Å². The minimum Gasteiger partial charge on any atom is -0.384 e. The van der Waals surface area contributed by atoms with Crippen molar-refractivity contribution < 1.29 is 4.79 Å². The summed E-state index contributed by atoms with van der Waals surface area (Å²) in [6, 6.07) is 18.1. The standard InChI is InChI=1S/C20H15Cl2N5O/c21-14-7-6-13(8-15(14)22)16-9-18(23)27-19(25-16)10-17(26-27)20(28)24-11-12-4-2-1-3-5-12/h1-10H,11,23H2,(H,24,28). The Morgan fingerprint density at radius 2 is 1.82 bits per heavy atom. The van der Waals surface area contributed by atoms with Crippen LogP contribution < -0.4 is 11.1 Å². The monoisotopic (exact) mass is 411 g/mol. The molecule has 0 aliphatic rings. The van der Waals surface area contributed by atoms with Crippen LogP contribution in [0.25, 0.3) is 16.9 Å². The van der Waals surface area contributed by atoms with Gasteiger partial charge in [0.2, 0.25) is 0 Å². The second-order valence-corrected chi connectivity index (χ2v) is 6.98. The van der Waals surface area contributed by atoms with Gasteiger partial charge in [-0.25, -0.2) is 4.98 Å². The summed E-state index contributed by atoms with van der Waals surface area (Å²) < 4.78 is 1.43. The molecular formula is C20H15Cl2N5O. The highest BCUT2D eigenvalue weighted by Gasteiger charge is 2.14. The number of halogens is 2. The van der Waals surface area contributed by atoms with Crippen molar-refractivity contribution in [3.63, 3.8) is 0 Å². The Hall–Kier alpha value is -3.09. The molecule has 2 aromatic carbocycles. The maximum Gasteiger partial charge on any atom is 0.272 e.